The highest BCUT2D eigenvalue weighted by Crippen LogP contribution is 2.26. The van der Waals surface area contributed by atoms with Crippen LogP contribution in [0.15, 0.2) is 86.0 Å². The van der Waals surface area contributed by atoms with E-state index >= 15 is 0 Å². The maximum absolute atomic E-state index is 3.85. The molecule has 2 heteroatoms. The van der Waals surface area contributed by atoms with Gasteiger partial charge in [-0.3, -0.25) is 5.01 Å². The fraction of sp³-hybridized carbons (Fsp3) is 0.111. The summed E-state index contributed by atoms with van der Waals surface area (Å²) < 4.78 is 0. The first-order valence-corrected chi connectivity index (χ1v) is 6.73. The Morgan fingerprint density at radius 2 is 1.10 bits per heavy atom. The maximum Gasteiger partial charge on any atom is 0.0580 e. The van der Waals surface area contributed by atoms with Crippen molar-refractivity contribution in [3.63, 3.8) is 0 Å². The van der Waals surface area contributed by atoms with Crippen LogP contribution in [0.25, 0.3) is 0 Å². The summed E-state index contributed by atoms with van der Waals surface area (Å²) in [6, 6.07) is 20.7. The van der Waals surface area contributed by atoms with Crippen LogP contribution in [0.1, 0.15) is 0 Å². The number of benzene rings is 2. The van der Waals surface area contributed by atoms with E-state index in [0.717, 1.165) is 24.5 Å². The summed E-state index contributed by atoms with van der Waals surface area (Å²) in [4.78, 5) is 0. The number of hydrogen-bond donors (Lipinski definition) is 0. The molecule has 0 N–H and O–H groups in total. The molecule has 0 aromatic heterocycles. The van der Waals surface area contributed by atoms with E-state index in [0.29, 0.717) is 0 Å². The number of hydrazine groups is 1. The summed E-state index contributed by atoms with van der Waals surface area (Å²) in [6.45, 7) is 9.22. The molecule has 2 aromatic rings. The molecule has 2 aromatic carbocycles. The summed E-state index contributed by atoms with van der Waals surface area (Å²) in [6.07, 6.45) is 3.81. The van der Waals surface area contributed by atoms with Crippen LogP contribution in [0.2, 0.25) is 0 Å². The molecule has 0 saturated carbocycles. The molecular formula is C18H20N2. The molecular weight excluding hydrogens is 244 g/mol. The van der Waals surface area contributed by atoms with Crippen molar-refractivity contribution in [3.8, 4) is 0 Å². The van der Waals surface area contributed by atoms with E-state index in [1.165, 1.54) is 0 Å². The Kier molecular flexibility index (Phi) is 5.15. The average molecular weight is 264 g/mol. The van der Waals surface area contributed by atoms with Gasteiger partial charge in [-0.25, -0.2) is 5.01 Å². The quantitative estimate of drug-likeness (QED) is 0.540. The molecule has 0 atom stereocenters. The number of hydrogen-bond acceptors (Lipinski definition) is 2. The van der Waals surface area contributed by atoms with E-state index in [-0.39, 0.29) is 0 Å². The predicted octanol–water partition coefficient (Wildman–Crippen LogP) is 4.41. The number of nitrogens with zero attached hydrogens (tertiary/aromatic N) is 2. The second-order valence-electron chi connectivity index (χ2n) is 4.43. The number of anilines is 2. The normalized spacial score (nSPS) is 10.2. The van der Waals surface area contributed by atoms with Gasteiger partial charge in [-0.05, 0) is 24.3 Å². The minimum absolute atomic E-state index is 0.760. The zero-order chi connectivity index (χ0) is 14.2. The van der Waals surface area contributed by atoms with Crippen molar-refractivity contribution >= 4 is 11.4 Å². The van der Waals surface area contributed by atoms with Gasteiger partial charge in [0.25, 0.3) is 0 Å². The third-order valence-corrected chi connectivity index (χ3v) is 2.96. The van der Waals surface area contributed by atoms with Crippen LogP contribution in [-0.2, 0) is 0 Å². The minimum atomic E-state index is 0.760. The molecule has 0 aliphatic heterocycles. The Morgan fingerprint density at radius 3 is 1.45 bits per heavy atom. The van der Waals surface area contributed by atoms with Crippen molar-refractivity contribution in [1.82, 2.24) is 5.01 Å². The molecule has 0 heterocycles. The van der Waals surface area contributed by atoms with Crippen LogP contribution in [-0.4, -0.2) is 18.1 Å². The third-order valence-electron chi connectivity index (χ3n) is 2.96. The molecule has 0 amide bonds. The molecule has 0 bridgehead atoms. The summed E-state index contributed by atoms with van der Waals surface area (Å²) in [5, 5.41) is 4.40. The molecule has 20 heavy (non-hydrogen) atoms. The Labute approximate surface area is 121 Å². The summed E-state index contributed by atoms with van der Waals surface area (Å²) in [5.74, 6) is 0. The lowest BCUT2D eigenvalue weighted by molar-refractivity contribution is 0.342. The van der Waals surface area contributed by atoms with Crippen LogP contribution >= 0.6 is 0 Å². The van der Waals surface area contributed by atoms with Gasteiger partial charge in [-0.1, -0.05) is 48.6 Å². The first-order valence-electron chi connectivity index (χ1n) is 6.73. The van der Waals surface area contributed by atoms with Crippen LogP contribution < -0.4 is 5.01 Å². The Bertz CT molecular complexity index is 484. The average Bonchev–Trinajstić information content (AvgIpc) is 2.50. The summed E-state index contributed by atoms with van der Waals surface area (Å²) >= 11 is 0. The standard InChI is InChI=1S/C18H20N2/c1-3-15-19(16-4-2)20(17-11-7-5-8-12-17)18-13-9-6-10-14-18/h3-14H,1-2,15-16H2. The van der Waals surface area contributed by atoms with Gasteiger partial charge < -0.3 is 0 Å². The van der Waals surface area contributed by atoms with Crippen LogP contribution in [0.4, 0.5) is 11.4 Å². The first kappa shape index (κ1) is 14.1. The van der Waals surface area contributed by atoms with Gasteiger partial charge in [0.15, 0.2) is 0 Å². The van der Waals surface area contributed by atoms with Crippen LogP contribution in [0, 0.1) is 0 Å². The Hall–Kier alpha value is -2.32. The first-order chi connectivity index (χ1) is 9.86. The smallest absolute Gasteiger partial charge is 0.0580 e. The lowest BCUT2D eigenvalue weighted by atomic mass is 10.2. The van der Waals surface area contributed by atoms with Gasteiger partial charge in [-0.2, -0.15) is 0 Å². The molecule has 0 aliphatic carbocycles. The van der Waals surface area contributed by atoms with Gasteiger partial charge in [0.1, 0.15) is 0 Å². The molecule has 102 valence electrons. The Balaban J connectivity index is 2.42. The van der Waals surface area contributed by atoms with Crippen molar-refractivity contribution in [2.24, 2.45) is 0 Å². The zero-order valence-electron chi connectivity index (χ0n) is 11.7. The summed E-state index contributed by atoms with van der Waals surface area (Å²) in [5.41, 5.74) is 2.25. The monoisotopic (exact) mass is 264 g/mol. The van der Waals surface area contributed by atoms with Crippen molar-refractivity contribution in [2.75, 3.05) is 18.1 Å². The molecule has 0 unspecified atom stereocenters. The van der Waals surface area contributed by atoms with Crippen LogP contribution in [0.3, 0.4) is 0 Å². The molecule has 2 nitrogen and oxygen atoms in total. The van der Waals surface area contributed by atoms with Crippen molar-refractivity contribution in [1.29, 1.82) is 0 Å². The number of para-hydroxylation sites is 2. The molecule has 0 spiro atoms. The maximum atomic E-state index is 3.85. The van der Waals surface area contributed by atoms with Crippen molar-refractivity contribution in [3.05, 3.63) is 86.0 Å². The lowest BCUT2D eigenvalue weighted by Crippen LogP contribution is -2.39. The fourth-order valence-corrected chi connectivity index (χ4v) is 2.15. The Morgan fingerprint density at radius 1 is 0.700 bits per heavy atom. The van der Waals surface area contributed by atoms with Crippen LogP contribution in [0.5, 0.6) is 0 Å². The highest BCUT2D eigenvalue weighted by Gasteiger charge is 2.15. The van der Waals surface area contributed by atoms with Gasteiger partial charge in [0.05, 0.1) is 11.4 Å². The molecule has 0 radical (unpaired) electrons. The largest absolute Gasteiger partial charge is 0.274 e. The van der Waals surface area contributed by atoms with E-state index in [4.69, 9.17) is 0 Å². The van der Waals surface area contributed by atoms with Gasteiger partial charge >= 0.3 is 0 Å². The second kappa shape index (κ2) is 7.31. The highest BCUT2D eigenvalue weighted by molar-refractivity contribution is 5.61. The minimum Gasteiger partial charge on any atom is -0.274 e. The van der Waals surface area contributed by atoms with Crippen molar-refractivity contribution < 1.29 is 0 Å². The van der Waals surface area contributed by atoms with Crippen molar-refractivity contribution in [2.45, 2.75) is 0 Å². The van der Waals surface area contributed by atoms with Gasteiger partial charge in [0.2, 0.25) is 0 Å². The summed E-state index contributed by atoms with van der Waals surface area (Å²) in [7, 11) is 0. The SMILES string of the molecule is C=CCN(CC=C)N(c1ccccc1)c1ccccc1. The molecule has 0 fully saturated rings. The van der Waals surface area contributed by atoms with Gasteiger partial charge in [-0.15, -0.1) is 13.2 Å². The fourth-order valence-electron chi connectivity index (χ4n) is 2.15. The molecule has 0 saturated heterocycles. The van der Waals surface area contributed by atoms with E-state index in [1.807, 2.05) is 48.6 Å². The topological polar surface area (TPSA) is 6.48 Å². The highest BCUT2D eigenvalue weighted by atomic mass is 15.6. The molecule has 2 rings (SSSR count). The van der Waals surface area contributed by atoms with E-state index in [1.54, 1.807) is 0 Å². The van der Waals surface area contributed by atoms with Gasteiger partial charge in [0, 0.05) is 13.1 Å². The lowest BCUT2D eigenvalue weighted by Gasteiger charge is -2.35. The second-order valence-corrected chi connectivity index (χ2v) is 4.43. The predicted molar refractivity (Wildman–Crippen MR) is 87.0 cm³/mol. The molecule has 0 aliphatic rings. The van der Waals surface area contributed by atoms with E-state index in [9.17, 15) is 0 Å². The van der Waals surface area contributed by atoms with E-state index in [2.05, 4.69) is 47.4 Å². The third kappa shape index (κ3) is 3.37. The van der Waals surface area contributed by atoms with E-state index < -0.39 is 0 Å². The number of rotatable bonds is 7. The zero-order valence-corrected chi connectivity index (χ0v) is 11.7.